The molecule has 0 radical (unpaired) electrons. The highest BCUT2D eigenvalue weighted by molar-refractivity contribution is 5.91. The maximum Gasteiger partial charge on any atom is 0.317 e. The van der Waals surface area contributed by atoms with E-state index < -0.39 is 11.9 Å². The Hall–Kier alpha value is -1.06. The summed E-state index contributed by atoms with van der Waals surface area (Å²) in [7, 11) is 0. The first-order chi connectivity index (χ1) is 8.99. The highest BCUT2D eigenvalue weighted by Gasteiger charge is 2.17. The molecule has 0 bridgehead atoms. The summed E-state index contributed by atoms with van der Waals surface area (Å²) in [6.45, 7) is 7.87. The lowest BCUT2D eigenvalue weighted by Gasteiger charge is -2.14. The molecule has 112 valence electrons. The molecule has 0 fully saturated rings. The van der Waals surface area contributed by atoms with Gasteiger partial charge in [-0.25, -0.2) is 0 Å². The van der Waals surface area contributed by atoms with Gasteiger partial charge in [0.2, 0.25) is 0 Å². The van der Waals surface area contributed by atoms with Crippen molar-refractivity contribution in [3.63, 3.8) is 0 Å². The van der Waals surface area contributed by atoms with Gasteiger partial charge in [0, 0.05) is 0 Å². The van der Waals surface area contributed by atoms with Crippen molar-refractivity contribution >= 4 is 11.9 Å². The second-order valence-corrected chi connectivity index (χ2v) is 5.06. The van der Waals surface area contributed by atoms with Crippen molar-refractivity contribution in [3.05, 3.63) is 0 Å². The van der Waals surface area contributed by atoms with Crippen LogP contribution in [0.4, 0.5) is 0 Å². The lowest BCUT2D eigenvalue weighted by molar-refractivity contribution is -0.159. The summed E-state index contributed by atoms with van der Waals surface area (Å²) in [5.41, 5.74) is 0. The molecule has 0 aliphatic carbocycles. The number of esters is 2. The van der Waals surface area contributed by atoms with Crippen molar-refractivity contribution in [2.75, 3.05) is 0 Å². The molecule has 0 aliphatic heterocycles. The summed E-state index contributed by atoms with van der Waals surface area (Å²) >= 11 is 0. The number of ether oxygens (including phenoxy) is 2. The van der Waals surface area contributed by atoms with E-state index in [1.54, 1.807) is 0 Å². The average Bonchev–Trinajstić information content (AvgIpc) is 2.33. The van der Waals surface area contributed by atoms with Gasteiger partial charge in [0.1, 0.15) is 6.42 Å². The molecule has 0 aromatic heterocycles. The van der Waals surface area contributed by atoms with Gasteiger partial charge in [-0.2, -0.15) is 0 Å². The molecule has 19 heavy (non-hydrogen) atoms. The lowest BCUT2D eigenvalue weighted by Crippen LogP contribution is -2.21. The molecular weight excluding hydrogens is 244 g/mol. The molecule has 0 heterocycles. The molecule has 0 N–H and O–H groups in total. The second-order valence-electron chi connectivity index (χ2n) is 5.06. The molecule has 4 heteroatoms. The predicted molar refractivity (Wildman–Crippen MR) is 74.8 cm³/mol. The summed E-state index contributed by atoms with van der Waals surface area (Å²) in [6, 6.07) is 0. The maximum atomic E-state index is 11.5. The van der Waals surface area contributed by atoms with E-state index in [-0.39, 0.29) is 18.6 Å². The molecule has 0 aromatic rings. The monoisotopic (exact) mass is 272 g/mol. The highest BCUT2D eigenvalue weighted by atomic mass is 16.6. The molecule has 0 saturated heterocycles. The largest absolute Gasteiger partial charge is 0.462 e. The summed E-state index contributed by atoms with van der Waals surface area (Å²) in [4.78, 5) is 23.0. The van der Waals surface area contributed by atoms with Crippen LogP contribution in [-0.4, -0.2) is 24.1 Å². The van der Waals surface area contributed by atoms with E-state index in [9.17, 15) is 9.59 Å². The Balaban J connectivity index is 3.82. The summed E-state index contributed by atoms with van der Waals surface area (Å²) < 4.78 is 10.3. The highest BCUT2D eigenvalue weighted by Crippen LogP contribution is 2.08. The number of hydrogen-bond donors (Lipinski definition) is 0. The Labute approximate surface area is 116 Å². The van der Waals surface area contributed by atoms with Gasteiger partial charge >= 0.3 is 11.9 Å². The topological polar surface area (TPSA) is 52.6 Å². The van der Waals surface area contributed by atoms with Gasteiger partial charge in [-0.3, -0.25) is 9.59 Å². The van der Waals surface area contributed by atoms with Crippen LogP contribution in [-0.2, 0) is 19.1 Å². The van der Waals surface area contributed by atoms with Crippen molar-refractivity contribution in [1.29, 1.82) is 0 Å². The van der Waals surface area contributed by atoms with Crippen LogP contribution in [0.2, 0.25) is 0 Å². The normalized spacial score (nSPS) is 13.7. The number of carbonyl (C=O) groups is 2. The zero-order valence-corrected chi connectivity index (χ0v) is 12.7. The summed E-state index contributed by atoms with van der Waals surface area (Å²) in [5, 5.41) is 0. The summed E-state index contributed by atoms with van der Waals surface area (Å²) in [6.07, 6.45) is 5.31. The first-order valence-electron chi connectivity index (χ1n) is 7.38. The molecule has 0 amide bonds. The predicted octanol–water partition coefficient (Wildman–Crippen LogP) is 3.62. The molecule has 0 rings (SSSR count). The minimum Gasteiger partial charge on any atom is -0.462 e. The molecule has 0 aliphatic rings. The number of unbranched alkanes of at least 4 members (excludes halogenated alkanes) is 2. The lowest BCUT2D eigenvalue weighted by atomic mass is 10.2. The maximum absolute atomic E-state index is 11.5. The Morgan fingerprint density at radius 3 is 1.53 bits per heavy atom. The summed E-state index contributed by atoms with van der Waals surface area (Å²) in [5.74, 6) is -0.979. The van der Waals surface area contributed by atoms with Crippen molar-refractivity contribution in [1.82, 2.24) is 0 Å². The number of rotatable bonds is 10. The van der Waals surface area contributed by atoms with E-state index in [0.717, 1.165) is 38.5 Å². The molecule has 0 aromatic carbocycles. The van der Waals surface area contributed by atoms with E-state index in [1.165, 1.54) is 0 Å². The van der Waals surface area contributed by atoms with Gasteiger partial charge < -0.3 is 9.47 Å². The van der Waals surface area contributed by atoms with Gasteiger partial charge in [-0.15, -0.1) is 0 Å². The van der Waals surface area contributed by atoms with E-state index in [1.807, 2.05) is 13.8 Å². The van der Waals surface area contributed by atoms with Crippen molar-refractivity contribution in [3.8, 4) is 0 Å². The van der Waals surface area contributed by atoms with Gasteiger partial charge in [-0.05, 0) is 26.7 Å². The molecule has 0 unspecified atom stereocenters. The standard InChI is InChI=1S/C15H28O4/c1-5-7-9-12(3)18-14(16)11-15(17)19-13(4)10-8-6-2/h12-13H,5-11H2,1-4H3/t12-,13-/m1/s1. The minimum absolute atomic E-state index is 0.127. The second kappa shape index (κ2) is 10.8. The van der Waals surface area contributed by atoms with Crippen molar-refractivity contribution in [2.45, 2.75) is 84.8 Å². The van der Waals surface area contributed by atoms with Gasteiger partial charge in [0.15, 0.2) is 0 Å². The number of carbonyl (C=O) groups excluding carboxylic acids is 2. The zero-order chi connectivity index (χ0) is 14.7. The molecule has 2 atom stereocenters. The number of hydrogen-bond acceptors (Lipinski definition) is 4. The third-order valence-corrected chi connectivity index (χ3v) is 2.88. The van der Waals surface area contributed by atoms with Gasteiger partial charge in [0.05, 0.1) is 12.2 Å². The zero-order valence-electron chi connectivity index (χ0n) is 12.7. The first kappa shape index (κ1) is 17.9. The SMILES string of the molecule is CCCC[C@@H](C)OC(=O)CC(=O)O[C@H](C)CCCC. The molecular formula is C15H28O4. The fraction of sp³-hybridized carbons (Fsp3) is 0.867. The fourth-order valence-electron chi connectivity index (χ4n) is 1.75. The third-order valence-electron chi connectivity index (χ3n) is 2.88. The Morgan fingerprint density at radius 2 is 1.21 bits per heavy atom. The van der Waals surface area contributed by atoms with E-state index in [2.05, 4.69) is 13.8 Å². The fourth-order valence-corrected chi connectivity index (χ4v) is 1.75. The van der Waals surface area contributed by atoms with Crippen molar-refractivity contribution in [2.24, 2.45) is 0 Å². The first-order valence-corrected chi connectivity index (χ1v) is 7.38. The Morgan fingerprint density at radius 1 is 0.842 bits per heavy atom. The van der Waals surface area contributed by atoms with Crippen LogP contribution in [0.25, 0.3) is 0 Å². The van der Waals surface area contributed by atoms with Crippen LogP contribution in [0.5, 0.6) is 0 Å². The van der Waals surface area contributed by atoms with Gasteiger partial charge in [0.25, 0.3) is 0 Å². The van der Waals surface area contributed by atoms with Crippen LogP contribution in [0.15, 0.2) is 0 Å². The molecule has 4 nitrogen and oxygen atoms in total. The van der Waals surface area contributed by atoms with Crippen LogP contribution >= 0.6 is 0 Å². The van der Waals surface area contributed by atoms with Crippen LogP contribution in [0.1, 0.15) is 72.6 Å². The van der Waals surface area contributed by atoms with E-state index in [4.69, 9.17) is 9.47 Å². The average molecular weight is 272 g/mol. The van der Waals surface area contributed by atoms with Gasteiger partial charge in [-0.1, -0.05) is 39.5 Å². The minimum atomic E-state index is -0.490. The Bertz CT molecular complexity index is 237. The van der Waals surface area contributed by atoms with E-state index >= 15 is 0 Å². The smallest absolute Gasteiger partial charge is 0.317 e. The Kier molecular flexibility index (Phi) is 10.2. The quantitative estimate of drug-likeness (QED) is 0.450. The third kappa shape index (κ3) is 10.5. The molecule has 0 spiro atoms. The molecule has 0 saturated carbocycles. The van der Waals surface area contributed by atoms with Crippen molar-refractivity contribution < 1.29 is 19.1 Å². The van der Waals surface area contributed by atoms with Crippen LogP contribution in [0.3, 0.4) is 0 Å². The van der Waals surface area contributed by atoms with Crippen LogP contribution < -0.4 is 0 Å². The van der Waals surface area contributed by atoms with Crippen LogP contribution in [0, 0.1) is 0 Å². The van der Waals surface area contributed by atoms with E-state index in [0.29, 0.717) is 0 Å².